The molecule has 1 atom stereocenters. The van der Waals surface area contributed by atoms with Crippen LogP contribution in [0.5, 0.6) is 11.5 Å². The van der Waals surface area contributed by atoms with Crippen LogP contribution in [-0.4, -0.2) is 45.0 Å². The zero-order valence-electron chi connectivity index (χ0n) is 18.5. The number of ketones is 1. The fraction of sp³-hybridized carbons (Fsp3) is 0.440. The maximum Gasteiger partial charge on any atom is 0.220 e. The second-order valence-corrected chi connectivity index (χ2v) is 8.03. The Balaban J connectivity index is 1.44. The van der Waals surface area contributed by atoms with Crippen LogP contribution in [0.15, 0.2) is 48.5 Å². The third kappa shape index (κ3) is 6.82. The van der Waals surface area contributed by atoms with E-state index in [-0.39, 0.29) is 17.7 Å². The van der Waals surface area contributed by atoms with Gasteiger partial charge in [0.2, 0.25) is 5.91 Å². The van der Waals surface area contributed by atoms with Gasteiger partial charge in [0.25, 0.3) is 0 Å². The number of amides is 1. The van der Waals surface area contributed by atoms with Crippen LogP contribution in [0.4, 0.5) is 0 Å². The van der Waals surface area contributed by atoms with Crippen LogP contribution in [0, 0.1) is 0 Å². The molecular formula is C25H33N2O4+. The molecule has 0 aromatic heterocycles. The first-order valence-electron chi connectivity index (χ1n) is 11.1. The Morgan fingerprint density at radius 2 is 1.65 bits per heavy atom. The normalized spacial score (nSPS) is 14.8. The number of quaternary nitrogens is 1. The van der Waals surface area contributed by atoms with Crippen LogP contribution in [0.1, 0.15) is 54.6 Å². The maximum absolute atomic E-state index is 12.4. The SMILES string of the molecule is COc1ccc([C@@H](CNC(=O)CCCOc2ccc(C(C)=O)cc2)[NH+]2CCCC2)cc1. The summed E-state index contributed by atoms with van der Waals surface area (Å²) in [4.78, 5) is 25.2. The Morgan fingerprint density at radius 3 is 2.26 bits per heavy atom. The van der Waals surface area contributed by atoms with Crippen LogP contribution >= 0.6 is 0 Å². The minimum atomic E-state index is 0.0342. The van der Waals surface area contributed by atoms with Gasteiger partial charge in [0.15, 0.2) is 5.78 Å². The molecule has 0 bridgehead atoms. The molecule has 0 aliphatic carbocycles. The monoisotopic (exact) mass is 425 g/mol. The van der Waals surface area contributed by atoms with E-state index in [0.29, 0.717) is 37.3 Å². The van der Waals surface area contributed by atoms with Gasteiger partial charge in [0.05, 0.1) is 33.4 Å². The third-order valence-electron chi connectivity index (χ3n) is 5.84. The van der Waals surface area contributed by atoms with Gasteiger partial charge in [-0.1, -0.05) is 0 Å². The molecule has 0 radical (unpaired) electrons. The van der Waals surface area contributed by atoms with Crippen molar-refractivity contribution >= 4 is 11.7 Å². The Hall–Kier alpha value is -2.86. The summed E-state index contributed by atoms with van der Waals surface area (Å²) in [7, 11) is 1.67. The van der Waals surface area contributed by atoms with Crippen molar-refractivity contribution in [2.75, 3.05) is 33.4 Å². The van der Waals surface area contributed by atoms with Crippen LogP contribution in [0.3, 0.4) is 0 Å². The molecule has 166 valence electrons. The fourth-order valence-corrected chi connectivity index (χ4v) is 4.02. The number of benzene rings is 2. The number of methoxy groups -OCH3 is 1. The molecule has 3 rings (SSSR count). The van der Waals surface area contributed by atoms with Gasteiger partial charge in [-0.3, -0.25) is 9.59 Å². The third-order valence-corrected chi connectivity index (χ3v) is 5.84. The van der Waals surface area contributed by atoms with Gasteiger partial charge in [0, 0.05) is 30.4 Å². The second-order valence-electron chi connectivity index (χ2n) is 8.03. The summed E-state index contributed by atoms with van der Waals surface area (Å²) >= 11 is 0. The Morgan fingerprint density at radius 1 is 1.00 bits per heavy atom. The first-order valence-corrected chi connectivity index (χ1v) is 11.1. The molecule has 1 saturated heterocycles. The Kier molecular flexibility index (Phi) is 8.47. The zero-order valence-corrected chi connectivity index (χ0v) is 18.5. The summed E-state index contributed by atoms with van der Waals surface area (Å²) in [6.07, 6.45) is 3.54. The van der Waals surface area contributed by atoms with Gasteiger partial charge < -0.3 is 19.7 Å². The average Bonchev–Trinajstić information content (AvgIpc) is 3.32. The minimum absolute atomic E-state index is 0.0342. The van der Waals surface area contributed by atoms with Gasteiger partial charge in [-0.05, 0) is 61.9 Å². The molecule has 1 aliphatic rings. The largest absolute Gasteiger partial charge is 0.497 e. The molecule has 6 nitrogen and oxygen atoms in total. The first-order chi connectivity index (χ1) is 15.1. The van der Waals surface area contributed by atoms with E-state index in [0.717, 1.165) is 18.8 Å². The predicted molar refractivity (Wildman–Crippen MR) is 120 cm³/mol. The minimum Gasteiger partial charge on any atom is -0.497 e. The first kappa shape index (κ1) is 22.8. The number of nitrogens with one attached hydrogen (secondary N) is 2. The maximum atomic E-state index is 12.4. The van der Waals surface area contributed by atoms with Crippen molar-refractivity contribution in [3.8, 4) is 11.5 Å². The molecule has 0 unspecified atom stereocenters. The van der Waals surface area contributed by atoms with Crippen LogP contribution in [-0.2, 0) is 4.79 Å². The molecule has 1 fully saturated rings. The number of Topliss-reactive ketones (excluding diaryl/α,β-unsaturated/α-hetero) is 1. The highest BCUT2D eigenvalue weighted by Crippen LogP contribution is 2.17. The van der Waals surface area contributed by atoms with Crippen LogP contribution < -0.4 is 19.7 Å². The topological polar surface area (TPSA) is 69.1 Å². The van der Waals surface area contributed by atoms with E-state index in [1.54, 1.807) is 38.3 Å². The number of hydrogen-bond acceptors (Lipinski definition) is 4. The molecule has 0 saturated carbocycles. The van der Waals surface area contributed by atoms with E-state index in [4.69, 9.17) is 9.47 Å². The number of rotatable bonds is 11. The molecule has 31 heavy (non-hydrogen) atoms. The smallest absolute Gasteiger partial charge is 0.220 e. The summed E-state index contributed by atoms with van der Waals surface area (Å²) in [6.45, 7) is 4.92. The summed E-state index contributed by atoms with van der Waals surface area (Å²) in [5, 5.41) is 3.12. The summed E-state index contributed by atoms with van der Waals surface area (Å²) in [5.74, 6) is 1.64. The predicted octanol–water partition coefficient (Wildman–Crippen LogP) is 2.59. The van der Waals surface area contributed by atoms with Crippen molar-refractivity contribution in [2.45, 2.75) is 38.6 Å². The van der Waals surface area contributed by atoms with Crippen LogP contribution in [0.2, 0.25) is 0 Å². The molecule has 2 N–H and O–H groups in total. The van der Waals surface area contributed by atoms with Crippen molar-refractivity contribution in [3.05, 3.63) is 59.7 Å². The van der Waals surface area contributed by atoms with E-state index < -0.39 is 0 Å². The van der Waals surface area contributed by atoms with E-state index in [1.807, 2.05) is 12.1 Å². The summed E-state index contributed by atoms with van der Waals surface area (Å²) in [5.41, 5.74) is 1.90. The number of likely N-dealkylation sites (tertiary alicyclic amines) is 1. The van der Waals surface area contributed by atoms with Gasteiger partial charge in [-0.25, -0.2) is 0 Å². The van der Waals surface area contributed by atoms with Gasteiger partial charge in [0.1, 0.15) is 17.5 Å². The van der Waals surface area contributed by atoms with Gasteiger partial charge in [-0.2, -0.15) is 0 Å². The van der Waals surface area contributed by atoms with Gasteiger partial charge >= 0.3 is 0 Å². The van der Waals surface area contributed by atoms with Crippen molar-refractivity contribution < 1.29 is 24.0 Å². The fourth-order valence-electron chi connectivity index (χ4n) is 4.02. The Bertz CT molecular complexity index is 843. The zero-order chi connectivity index (χ0) is 22.1. The molecule has 2 aromatic rings. The lowest BCUT2D eigenvalue weighted by atomic mass is 10.1. The van der Waals surface area contributed by atoms with Crippen molar-refractivity contribution in [3.63, 3.8) is 0 Å². The average molecular weight is 426 g/mol. The number of hydrogen-bond donors (Lipinski definition) is 2. The van der Waals surface area contributed by atoms with E-state index in [9.17, 15) is 9.59 Å². The van der Waals surface area contributed by atoms with Crippen LogP contribution in [0.25, 0.3) is 0 Å². The highest BCUT2D eigenvalue weighted by molar-refractivity contribution is 5.94. The van der Waals surface area contributed by atoms with Crippen molar-refractivity contribution in [2.24, 2.45) is 0 Å². The number of carbonyl (C=O) groups excluding carboxylic acids is 2. The summed E-state index contributed by atoms with van der Waals surface area (Å²) in [6, 6.07) is 15.5. The van der Waals surface area contributed by atoms with E-state index in [2.05, 4.69) is 17.4 Å². The second kappa shape index (κ2) is 11.5. The quantitative estimate of drug-likeness (QED) is 0.429. The van der Waals surface area contributed by atoms with Crippen molar-refractivity contribution in [1.82, 2.24) is 5.32 Å². The van der Waals surface area contributed by atoms with Gasteiger partial charge in [-0.15, -0.1) is 0 Å². The lowest BCUT2D eigenvalue weighted by molar-refractivity contribution is -0.918. The highest BCUT2D eigenvalue weighted by Gasteiger charge is 2.27. The molecule has 0 spiro atoms. The molecule has 1 heterocycles. The lowest BCUT2D eigenvalue weighted by Crippen LogP contribution is -3.11. The summed E-state index contributed by atoms with van der Waals surface area (Å²) < 4.78 is 11.0. The standard InChI is InChI=1S/C25H32N2O4/c1-19(28)20-7-13-23(14-8-20)31-17-5-6-25(29)26-18-24(27-15-3-4-16-27)21-9-11-22(30-2)12-10-21/h7-14,24H,3-6,15-18H2,1-2H3,(H,26,29)/p+1/t24-/m1/s1. The van der Waals surface area contributed by atoms with E-state index in [1.165, 1.54) is 23.3 Å². The number of carbonyl (C=O) groups is 2. The molecule has 1 amide bonds. The molecule has 6 heteroatoms. The van der Waals surface area contributed by atoms with E-state index >= 15 is 0 Å². The lowest BCUT2D eigenvalue weighted by Gasteiger charge is -2.25. The van der Waals surface area contributed by atoms with Crippen molar-refractivity contribution in [1.29, 1.82) is 0 Å². The highest BCUT2D eigenvalue weighted by atomic mass is 16.5. The molecule has 1 aliphatic heterocycles. The molecular weight excluding hydrogens is 392 g/mol. The number of ether oxygens (including phenoxy) is 2. The molecule has 2 aromatic carbocycles. The Labute approximate surface area is 184 Å².